The molecule has 2 saturated carbocycles. The summed E-state index contributed by atoms with van der Waals surface area (Å²) in [5, 5.41) is 4.03. The molecule has 3 aromatic heterocycles. The number of benzene rings is 3. The fourth-order valence-corrected chi connectivity index (χ4v) is 9.01. The molecule has 2 aliphatic rings. The van der Waals surface area contributed by atoms with E-state index in [2.05, 4.69) is 114 Å². The molecule has 0 radical (unpaired) electrons. The molecule has 0 atom stereocenters. The predicted octanol–water partition coefficient (Wildman–Crippen LogP) is 10.5. The van der Waals surface area contributed by atoms with Gasteiger partial charge in [-0.2, -0.15) is 4.40 Å². The minimum atomic E-state index is 0.651. The molecule has 3 nitrogen and oxygen atoms in total. The lowest BCUT2D eigenvalue weighted by Crippen LogP contribution is -2.26. The second-order valence-electron chi connectivity index (χ2n) is 13.9. The maximum Gasteiger partial charge on any atom is 0.295 e. The Kier molecular flexibility index (Phi) is 6.89. The zero-order valence-corrected chi connectivity index (χ0v) is 27.0. The van der Waals surface area contributed by atoms with Crippen molar-refractivity contribution in [2.45, 2.75) is 96.8 Å². The number of hydrogen-bond acceptors (Lipinski definition) is 0. The van der Waals surface area contributed by atoms with Gasteiger partial charge in [-0.1, -0.05) is 74.9 Å². The molecular formula is C41H46N3+. The molecule has 224 valence electrons. The van der Waals surface area contributed by atoms with E-state index < -0.39 is 0 Å². The molecule has 0 amide bonds. The Morgan fingerprint density at radius 2 is 1.27 bits per heavy atom. The van der Waals surface area contributed by atoms with E-state index in [1.807, 2.05) is 0 Å². The average molecular weight is 581 g/mol. The quantitative estimate of drug-likeness (QED) is 0.145. The minimum absolute atomic E-state index is 0.651. The third-order valence-corrected chi connectivity index (χ3v) is 11.1. The summed E-state index contributed by atoms with van der Waals surface area (Å²) in [6.07, 6.45) is 15.9. The van der Waals surface area contributed by atoms with Crippen molar-refractivity contribution < 1.29 is 4.57 Å². The first-order valence-corrected chi connectivity index (χ1v) is 17.2. The van der Waals surface area contributed by atoms with Crippen LogP contribution in [-0.4, -0.2) is 8.97 Å². The van der Waals surface area contributed by atoms with Crippen LogP contribution in [0.2, 0.25) is 0 Å². The van der Waals surface area contributed by atoms with Gasteiger partial charge in [-0.25, -0.2) is 4.57 Å². The van der Waals surface area contributed by atoms with Crippen LogP contribution < -0.4 is 4.57 Å². The molecule has 8 rings (SSSR count). The molecule has 0 spiro atoms. The summed E-state index contributed by atoms with van der Waals surface area (Å²) < 4.78 is 7.44. The highest BCUT2D eigenvalue weighted by molar-refractivity contribution is 6.13. The zero-order valence-electron chi connectivity index (χ0n) is 27.0. The van der Waals surface area contributed by atoms with Crippen molar-refractivity contribution in [3.63, 3.8) is 0 Å². The van der Waals surface area contributed by atoms with Crippen LogP contribution in [0.15, 0.2) is 72.9 Å². The molecule has 6 aromatic rings. The molecule has 2 aliphatic carbocycles. The highest BCUT2D eigenvalue weighted by Crippen LogP contribution is 2.46. The van der Waals surface area contributed by atoms with Gasteiger partial charge in [0.1, 0.15) is 11.7 Å². The minimum Gasteiger partial charge on any atom is -0.318 e. The topological polar surface area (TPSA) is 13.2 Å². The fraction of sp³-hybridized carbons (Fsp3) is 0.390. The number of imidazole rings is 1. The van der Waals surface area contributed by atoms with E-state index in [-0.39, 0.29) is 0 Å². The van der Waals surface area contributed by atoms with Crippen molar-refractivity contribution in [1.82, 2.24) is 8.97 Å². The average Bonchev–Trinajstić information content (AvgIpc) is 3.59. The summed E-state index contributed by atoms with van der Waals surface area (Å²) >= 11 is 0. The van der Waals surface area contributed by atoms with E-state index >= 15 is 0 Å². The lowest BCUT2D eigenvalue weighted by molar-refractivity contribution is -0.643. The van der Waals surface area contributed by atoms with Gasteiger partial charge in [0.15, 0.2) is 5.69 Å². The summed E-state index contributed by atoms with van der Waals surface area (Å²) in [5.74, 6) is 1.30. The second-order valence-corrected chi connectivity index (χ2v) is 13.9. The van der Waals surface area contributed by atoms with Crippen LogP contribution in [0.3, 0.4) is 0 Å². The largest absolute Gasteiger partial charge is 0.318 e. The maximum atomic E-state index is 2.64. The van der Waals surface area contributed by atoms with Crippen molar-refractivity contribution in [3.05, 3.63) is 101 Å². The van der Waals surface area contributed by atoms with Crippen LogP contribution in [0.25, 0.3) is 44.3 Å². The summed E-state index contributed by atoms with van der Waals surface area (Å²) in [6.45, 7) is 6.71. The SMILES string of the molecule is Cc1cccc2c3cc(-n4c(C)ccc4C)ccc3n3c(-c4c(C5CCCCC5)cccc4C4CCCCC4)c[n+](C)c3c12. The van der Waals surface area contributed by atoms with E-state index in [1.165, 1.54) is 125 Å². The highest BCUT2D eigenvalue weighted by atomic mass is 15.1. The van der Waals surface area contributed by atoms with Crippen molar-refractivity contribution >= 4 is 27.3 Å². The van der Waals surface area contributed by atoms with Gasteiger partial charge in [0, 0.05) is 33.4 Å². The van der Waals surface area contributed by atoms with Gasteiger partial charge < -0.3 is 4.57 Å². The smallest absolute Gasteiger partial charge is 0.295 e. The van der Waals surface area contributed by atoms with Crippen molar-refractivity contribution in [2.24, 2.45) is 7.05 Å². The molecule has 3 heterocycles. The number of fused-ring (bicyclic) bond motifs is 6. The van der Waals surface area contributed by atoms with Crippen molar-refractivity contribution in [3.8, 4) is 16.9 Å². The van der Waals surface area contributed by atoms with Crippen LogP contribution in [0, 0.1) is 20.8 Å². The zero-order chi connectivity index (χ0) is 29.9. The Morgan fingerprint density at radius 1 is 0.659 bits per heavy atom. The van der Waals surface area contributed by atoms with Crippen LogP contribution in [0.4, 0.5) is 0 Å². The van der Waals surface area contributed by atoms with E-state index in [0.29, 0.717) is 11.8 Å². The van der Waals surface area contributed by atoms with Crippen molar-refractivity contribution in [2.75, 3.05) is 0 Å². The van der Waals surface area contributed by atoms with Gasteiger partial charge in [0.2, 0.25) is 0 Å². The standard InChI is InChI=1S/C41H46N3/c1-27-13-11-20-35-36-25-32(43-28(2)21-22-29(43)3)23-24-37(36)44-38(26-42(4)41(44)39(27)35)40-33(30-14-7-5-8-15-30)18-12-19-34(40)31-16-9-6-10-17-31/h11-13,18-26,30-31H,5-10,14-17H2,1-4H3/q+1. The number of rotatable bonds is 4. The van der Waals surface area contributed by atoms with Gasteiger partial charge in [-0.3, -0.25) is 0 Å². The summed E-state index contributed by atoms with van der Waals surface area (Å²) in [4.78, 5) is 0. The Hall–Kier alpha value is -3.85. The summed E-state index contributed by atoms with van der Waals surface area (Å²) in [7, 11) is 2.26. The molecule has 0 saturated heterocycles. The predicted molar refractivity (Wildman–Crippen MR) is 184 cm³/mol. The van der Waals surface area contributed by atoms with Crippen LogP contribution in [-0.2, 0) is 7.05 Å². The van der Waals surface area contributed by atoms with Gasteiger partial charge in [0.25, 0.3) is 5.65 Å². The first kappa shape index (κ1) is 27.7. The molecule has 0 unspecified atom stereocenters. The monoisotopic (exact) mass is 580 g/mol. The summed E-state index contributed by atoms with van der Waals surface area (Å²) in [6, 6.07) is 25.8. The number of aryl methyl sites for hydroxylation is 4. The van der Waals surface area contributed by atoms with E-state index in [4.69, 9.17) is 0 Å². The molecule has 3 heteroatoms. The van der Waals surface area contributed by atoms with Gasteiger partial charge in [-0.15, -0.1) is 0 Å². The molecule has 0 N–H and O–H groups in total. The van der Waals surface area contributed by atoms with E-state index in [1.54, 1.807) is 11.1 Å². The van der Waals surface area contributed by atoms with Crippen LogP contribution in [0.1, 0.15) is 104 Å². The Labute approximate surface area is 262 Å². The maximum absolute atomic E-state index is 2.64. The number of hydrogen-bond donors (Lipinski definition) is 0. The molecule has 44 heavy (non-hydrogen) atoms. The molecule has 0 aliphatic heterocycles. The first-order chi connectivity index (χ1) is 21.5. The highest BCUT2D eigenvalue weighted by Gasteiger charge is 2.31. The van der Waals surface area contributed by atoms with Gasteiger partial charge >= 0.3 is 0 Å². The Balaban J connectivity index is 1.49. The fourth-order valence-electron chi connectivity index (χ4n) is 9.01. The van der Waals surface area contributed by atoms with Gasteiger partial charge in [0.05, 0.1) is 12.4 Å². The third kappa shape index (κ3) is 4.34. The lowest BCUT2D eigenvalue weighted by atomic mass is 9.76. The van der Waals surface area contributed by atoms with E-state index in [9.17, 15) is 0 Å². The van der Waals surface area contributed by atoms with Crippen molar-refractivity contribution in [1.29, 1.82) is 0 Å². The lowest BCUT2D eigenvalue weighted by Gasteiger charge is -2.29. The second kappa shape index (κ2) is 10.9. The van der Waals surface area contributed by atoms with Gasteiger partial charge in [-0.05, 0) is 105 Å². The number of nitrogens with zero attached hydrogens (tertiary/aromatic N) is 3. The van der Waals surface area contributed by atoms with E-state index in [0.717, 1.165) is 0 Å². The number of aromatic nitrogens is 3. The van der Waals surface area contributed by atoms with Crippen LogP contribution in [0.5, 0.6) is 0 Å². The molecule has 3 aromatic carbocycles. The van der Waals surface area contributed by atoms with Crippen LogP contribution >= 0.6 is 0 Å². The molecule has 2 fully saturated rings. The molecule has 0 bridgehead atoms. The molecular weight excluding hydrogens is 534 g/mol. The normalized spacial score (nSPS) is 16.9. The number of pyridine rings is 1. The summed E-state index contributed by atoms with van der Waals surface area (Å²) in [5.41, 5.74) is 13.8. The Morgan fingerprint density at radius 3 is 1.91 bits per heavy atom. The third-order valence-electron chi connectivity index (χ3n) is 11.1. The Bertz CT molecular complexity index is 1970. The first-order valence-electron chi connectivity index (χ1n) is 17.2.